The van der Waals surface area contributed by atoms with E-state index in [1.54, 1.807) is 0 Å². The largest absolute Gasteiger partial charge is 0.329 e. The maximum absolute atomic E-state index is 13.2. The van der Waals surface area contributed by atoms with Crippen LogP contribution in [0.2, 0.25) is 0 Å². The number of nitrogens with two attached hydrogens (primary N) is 1. The van der Waals surface area contributed by atoms with Crippen LogP contribution in [-0.2, 0) is 6.54 Å². The van der Waals surface area contributed by atoms with Crippen molar-refractivity contribution in [3.63, 3.8) is 0 Å². The molecule has 2 unspecified atom stereocenters. The maximum Gasteiger partial charge on any atom is 0.126 e. The van der Waals surface area contributed by atoms with Gasteiger partial charge in [0.1, 0.15) is 11.6 Å². The lowest BCUT2D eigenvalue weighted by molar-refractivity contribution is 0.0890. The van der Waals surface area contributed by atoms with E-state index in [4.69, 9.17) is 5.73 Å². The fraction of sp³-hybridized carbons (Fsp3) is 0.571. The number of nitrogens with zero attached hydrogens (tertiary/aromatic N) is 1. The van der Waals surface area contributed by atoms with Gasteiger partial charge < -0.3 is 5.73 Å². The molecule has 1 aromatic rings. The second kappa shape index (κ2) is 5.76. The van der Waals surface area contributed by atoms with Gasteiger partial charge in [-0.15, -0.1) is 0 Å². The van der Waals surface area contributed by atoms with Crippen LogP contribution in [0.4, 0.5) is 8.78 Å². The molecule has 0 saturated carbocycles. The van der Waals surface area contributed by atoms with Crippen LogP contribution in [0.15, 0.2) is 18.2 Å². The summed E-state index contributed by atoms with van der Waals surface area (Å²) in [5.74, 6) is -1.03. The molecule has 1 aliphatic heterocycles. The Morgan fingerprint density at radius 3 is 2.50 bits per heavy atom. The SMILES string of the molecule is CC1CCCC(CN)N1Cc1cc(F)cc(F)c1. The molecule has 0 aliphatic carbocycles. The highest BCUT2D eigenvalue weighted by molar-refractivity contribution is 5.18. The fourth-order valence-electron chi connectivity index (χ4n) is 2.79. The van der Waals surface area contributed by atoms with Gasteiger partial charge in [0.15, 0.2) is 0 Å². The van der Waals surface area contributed by atoms with Crippen molar-refractivity contribution in [2.45, 2.75) is 44.8 Å². The van der Waals surface area contributed by atoms with Crippen LogP contribution in [0, 0.1) is 11.6 Å². The molecule has 2 rings (SSSR count). The first-order valence-electron chi connectivity index (χ1n) is 6.51. The quantitative estimate of drug-likeness (QED) is 0.898. The van der Waals surface area contributed by atoms with Crippen LogP contribution in [0.25, 0.3) is 0 Å². The van der Waals surface area contributed by atoms with Gasteiger partial charge in [-0.05, 0) is 37.5 Å². The molecule has 4 heteroatoms. The van der Waals surface area contributed by atoms with Gasteiger partial charge in [0.2, 0.25) is 0 Å². The van der Waals surface area contributed by atoms with Crippen molar-refractivity contribution in [3.8, 4) is 0 Å². The standard InChI is InChI=1S/C14H20F2N2/c1-10-3-2-4-14(8-17)18(10)9-11-5-12(15)7-13(16)6-11/h5-7,10,14H,2-4,8-9,17H2,1H3. The first kappa shape index (κ1) is 13.4. The minimum Gasteiger partial charge on any atom is -0.329 e. The Morgan fingerprint density at radius 2 is 1.89 bits per heavy atom. The lowest BCUT2D eigenvalue weighted by Gasteiger charge is -2.40. The maximum atomic E-state index is 13.2. The molecule has 2 N–H and O–H groups in total. The normalized spacial score (nSPS) is 25.3. The molecule has 2 nitrogen and oxygen atoms in total. The van der Waals surface area contributed by atoms with Gasteiger partial charge in [-0.25, -0.2) is 8.78 Å². The zero-order chi connectivity index (χ0) is 13.1. The third kappa shape index (κ3) is 3.06. The molecule has 0 aromatic heterocycles. The summed E-state index contributed by atoms with van der Waals surface area (Å²) >= 11 is 0. The number of hydrogen-bond acceptors (Lipinski definition) is 2. The molecule has 1 heterocycles. The smallest absolute Gasteiger partial charge is 0.126 e. The Balaban J connectivity index is 2.14. The molecule has 1 fully saturated rings. The van der Waals surface area contributed by atoms with Crippen molar-refractivity contribution in [1.29, 1.82) is 0 Å². The van der Waals surface area contributed by atoms with Crippen LogP contribution < -0.4 is 5.73 Å². The van der Waals surface area contributed by atoms with E-state index < -0.39 is 11.6 Å². The molecule has 1 aliphatic rings. The predicted octanol–water partition coefficient (Wildman–Crippen LogP) is 2.67. The van der Waals surface area contributed by atoms with E-state index in [1.165, 1.54) is 18.6 Å². The summed E-state index contributed by atoms with van der Waals surface area (Å²) in [6.07, 6.45) is 3.37. The number of likely N-dealkylation sites (tertiary alicyclic amines) is 1. The highest BCUT2D eigenvalue weighted by Crippen LogP contribution is 2.24. The zero-order valence-corrected chi connectivity index (χ0v) is 10.7. The Hall–Kier alpha value is -1.00. The molecule has 1 aromatic carbocycles. The molecule has 0 amide bonds. The molecule has 100 valence electrons. The molecule has 0 bridgehead atoms. The summed E-state index contributed by atoms with van der Waals surface area (Å²) in [5.41, 5.74) is 6.46. The van der Waals surface area contributed by atoms with Gasteiger partial charge >= 0.3 is 0 Å². The zero-order valence-electron chi connectivity index (χ0n) is 10.7. The van der Waals surface area contributed by atoms with Crippen molar-refractivity contribution in [1.82, 2.24) is 4.90 Å². The lowest BCUT2D eigenvalue weighted by Crippen LogP contribution is -2.48. The van der Waals surface area contributed by atoms with Crippen molar-refractivity contribution in [2.24, 2.45) is 5.73 Å². The van der Waals surface area contributed by atoms with Crippen molar-refractivity contribution < 1.29 is 8.78 Å². The third-order valence-electron chi connectivity index (χ3n) is 3.75. The summed E-state index contributed by atoms with van der Waals surface area (Å²) in [6.45, 7) is 3.32. The number of halogens is 2. The molecule has 18 heavy (non-hydrogen) atoms. The monoisotopic (exact) mass is 254 g/mol. The van der Waals surface area contributed by atoms with E-state index in [9.17, 15) is 8.78 Å². The number of piperidine rings is 1. The third-order valence-corrected chi connectivity index (χ3v) is 3.75. The van der Waals surface area contributed by atoms with Crippen LogP contribution in [0.5, 0.6) is 0 Å². The topological polar surface area (TPSA) is 29.3 Å². The molecule has 1 saturated heterocycles. The summed E-state index contributed by atoms with van der Waals surface area (Å²) in [5, 5.41) is 0. The summed E-state index contributed by atoms with van der Waals surface area (Å²) < 4.78 is 26.4. The van der Waals surface area contributed by atoms with E-state index in [0.717, 1.165) is 18.9 Å². The lowest BCUT2D eigenvalue weighted by atomic mass is 9.95. The molecule has 2 atom stereocenters. The van der Waals surface area contributed by atoms with E-state index in [1.807, 2.05) is 0 Å². The van der Waals surface area contributed by atoms with Crippen LogP contribution in [-0.4, -0.2) is 23.5 Å². The van der Waals surface area contributed by atoms with E-state index >= 15 is 0 Å². The fourth-order valence-corrected chi connectivity index (χ4v) is 2.79. The van der Waals surface area contributed by atoms with Gasteiger partial charge in [0, 0.05) is 31.2 Å². The van der Waals surface area contributed by atoms with Crippen molar-refractivity contribution in [3.05, 3.63) is 35.4 Å². The summed E-state index contributed by atoms with van der Waals surface area (Å²) in [7, 11) is 0. The average molecular weight is 254 g/mol. The van der Waals surface area contributed by atoms with E-state index in [0.29, 0.717) is 30.7 Å². The van der Waals surface area contributed by atoms with E-state index in [-0.39, 0.29) is 0 Å². The predicted molar refractivity (Wildman–Crippen MR) is 68.1 cm³/mol. The Bertz CT molecular complexity index is 389. The minimum atomic E-state index is -0.515. The number of hydrogen-bond donors (Lipinski definition) is 1. The molecular weight excluding hydrogens is 234 g/mol. The van der Waals surface area contributed by atoms with Gasteiger partial charge in [-0.2, -0.15) is 0 Å². The highest BCUT2D eigenvalue weighted by Gasteiger charge is 2.26. The average Bonchev–Trinajstić information content (AvgIpc) is 2.30. The van der Waals surface area contributed by atoms with Gasteiger partial charge in [0.05, 0.1) is 0 Å². The van der Waals surface area contributed by atoms with Crippen LogP contribution >= 0.6 is 0 Å². The summed E-state index contributed by atoms with van der Waals surface area (Å²) in [4.78, 5) is 2.26. The Morgan fingerprint density at radius 1 is 1.22 bits per heavy atom. The van der Waals surface area contributed by atoms with Gasteiger partial charge in [0.25, 0.3) is 0 Å². The molecule has 0 radical (unpaired) electrons. The molecule has 0 spiro atoms. The van der Waals surface area contributed by atoms with Crippen LogP contribution in [0.3, 0.4) is 0 Å². The van der Waals surface area contributed by atoms with Crippen molar-refractivity contribution >= 4 is 0 Å². The number of rotatable bonds is 3. The van der Waals surface area contributed by atoms with Crippen molar-refractivity contribution in [2.75, 3.05) is 6.54 Å². The Kier molecular flexibility index (Phi) is 4.30. The van der Waals surface area contributed by atoms with E-state index in [2.05, 4.69) is 11.8 Å². The first-order valence-corrected chi connectivity index (χ1v) is 6.51. The van der Waals surface area contributed by atoms with Gasteiger partial charge in [-0.1, -0.05) is 6.42 Å². The Labute approximate surface area is 107 Å². The minimum absolute atomic E-state index is 0.320. The highest BCUT2D eigenvalue weighted by atomic mass is 19.1. The number of benzene rings is 1. The summed E-state index contributed by atoms with van der Waals surface area (Å²) in [6, 6.07) is 4.44. The second-order valence-electron chi connectivity index (χ2n) is 5.12. The molecular formula is C14H20F2N2. The van der Waals surface area contributed by atoms with Crippen LogP contribution in [0.1, 0.15) is 31.7 Å². The second-order valence-corrected chi connectivity index (χ2v) is 5.12. The van der Waals surface area contributed by atoms with Gasteiger partial charge in [-0.3, -0.25) is 4.90 Å². The first-order chi connectivity index (χ1) is 8.60.